The highest BCUT2D eigenvalue weighted by atomic mass is 32.2. The van der Waals surface area contributed by atoms with Crippen LogP contribution < -0.4 is 10.2 Å². The van der Waals surface area contributed by atoms with E-state index >= 15 is 0 Å². The maximum Gasteiger partial charge on any atom is 0.413 e. The lowest BCUT2D eigenvalue weighted by Gasteiger charge is -2.23. The van der Waals surface area contributed by atoms with Crippen LogP contribution in [-0.4, -0.2) is 23.3 Å². The molecule has 0 radical (unpaired) electrons. The molecule has 0 aliphatic carbocycles. The van der Waals surface area contributed by atoms with Gasteiger partial charge in [0.05, 0.1) is 5.75 Å². The third-order valence-electron chi connectivity index (χ3n) is 3.13. The fraction of sp³-hybridized carbons (Fsp3) is 0.125. The van der Waals surface area contributed by atoms with E-state index in [0.29, 0.717) is 11.4 Å². The van der Waals surface area contributed by atoms with Crippen LogP contribution in [-0.2, 0) is 4.74 Å². The number of benzene rings is 2. The molecule has 2 aromatic carbocycles. The molecule has 1 aliphatic rings. The first-order valence-corrected chi connectivity index (χ1v) is 7.76. The summed E-state index contributed by atoms with van der Waals surface area (Å²) in [5.74, 6) is 0.413. The average Bonchev–Trinajstić information content (AvgIpc) is 2.89. The Kier molecular flexibility index (Phi) is 4.29. The number of thioether (sulfide) groups is 1. The SMILES string of the molecule is O=C(Nc1ccccc1)OC1CSC(=O)N1c1ccccc1. The number of nitrogens with one attached hydrogen (secondary N) is 1. The number of hydrogen-bond donors (Lipinski definition) is 1. The molecule has 0 bridgehead atoms. The average molecular weight is 314 g/mol. The highest BCUT2D eigenvalue weighted by Crippen LogP contribution is 2.30. The van der Waals surface area contributed by atoms with Crippen molar-refractivity contribution < 1.29 is 14.3 Å². The van der Waals surface area contributed by atoms with Crippen LogP contribution in [0, 0.1) is 0 Å². The second kappa shape index (κ2) is 6.53. The third kappa shape index (κ3) is 3.23. The molecule has 1 heterocycles. The lowest BCUT2D eigenvalue weighted by atomic mass is 10.3. The fourth-order valence-electron chi connectivity index (χ4n) is 2.14. The van der Waals surface area contributed by atoms with E-state index < -0.39 is 12.3 Å². The van der Waals surface area contributed by atoms with Gasteiger partial charge in [-0.15, -0.1) is 0 Å². The predicted molar refractivity (Wildman–Crippen MR) is 87.1 cm³/mol. The van der Waals surface area contributed by atoms with Crippen LogP contribution >= 0.6 is 11.8 Å². The van der Waals surface area contributed by atoms with Crippen LogP contribution in [0.5, 0.6) is 0 Å². The minimum absolute atomic E-state index is 0.122. The molecule has 1 fully saturated rings. The van der Waals surface area contributed by atoms with Gasteiger partial charge >= 0.3 is 6.09 Å². The summed E-state index contributed by atoms with van der Waals surface area (Å²) in [6.45, 7) is 0. The molecule has 1 atom stereocenters. The van der Waals surface area contributed by atoms with E-state index in [4.69, 9.17) is 4.74 Å². The number of nitrogens with zero attached hydrogens (tertiary/aromatic N) is 1. The van der Waals surface area contributed by atoms with E-state index in [-0.39, 0.29) is 5.24 Å². The van der Waals surface area contributed by atoms with E-state index in [9.17, 15) is 9.59 Å². The molecule has 2 amide bonds. The Balaban J connectivity index is 1.68. The second-order valence-corrected chi connectivity index (χ2v) is 5.60. The number of carbonyl (C=O) groups excluding carboxylic acids is 2. The summed E-state index contributed by atoms with van der Waals surface area (Å²) in [6, 6.07) is 18.2. The van der Waals surface area contributed by atoms with Gasteiger partial charge in [-0.25, -0.2) is 4.79 Å². The Morgan fingerprint density at radius 3 is 2.41 bits per heavy atom. The Morgan fingerprint density at radius 2 is 1.73 bits per heavy atom. The van der Waals surface area contributed by atoms with Gasteiger partial charge in [0.15, 0.2) is 6.23 Å². The number of hydrogen-bond acceptors (Lipinski definition) is 4. The predicted octanol–water partition coefficient (Wildman–Crippen LogP) is 3.93. The molecular weight excluding hydrogens is 300 g/mol. The topological polar surface area (TPSA) is 58.6 Å². The smallest absolute Gasteiger partial charge is 0.413 e. The van der Waals surface area contributed by atoms with Crippen molar-refractivity contribution in [1.29, 1.82) is 0 Å². The van der Waals surface area contributed by atoms with Crippen molar-refractivity contribution in [3.63, 3.8) is 0 Å². The highest BCUT2D eigenvalue weighted by Gasteiger charge is 2.35. The van der Waals surface area contributed by atoms with Crippen LogP contribution in [0.1, 0.15) is 0 Å². The minimum Gasteiger partial charge on any atom is -0.424 e. The van der Waals surface area contributed by atoms with E-state index in [1.807, 2.05) is 48.5 Å². The van der Waals surface area contributed by atoms with Crippen molar-refractivity contribution in [3.05, 3.63) is 60.7 Å². The second-order valence-electron chi connectivity index (χ2n) is 4.63. The summed E-state index contributed by atoms with van der Waals surface area (Å²) >= 11 is 1.14. The van der Waals surface area contributed by atoms with Crippen molar-refractivity contribution >= 4 is 34.5 Å². The van der Waals surface area contributed by atoms with Gasteiger partial charge in [-0.05, 0) is 24.3 Å². The molecule has 112 valence electrons. The van der Waals surface area contributed by atoms with Gasteiger partial charge in [0.1, 0.15) is 0 Å². The zero-order valence-electron chi connectivity index (χ0n) is 11.6. The number of amides is 2. The Labute approximate surface area is 132 Å². The molecule has 6 heteroatoms. The molecule has 0 spiro atoms. The van der Waals surface area contributed by atoms with Crippen LogP contribution in [0.15, 0.2) is 60.7 Å². The minimum atomic E-state index is -0.608. The summed E-state index contributed by atoms with van der Waals surface area (Å²) in [4.78, 5) is 25.5. The van der Waals surface area contributed by atoms with Crippen LogP contribution in [0.25, 0.3) is 0 Å². The maximum atomic E-state index is 12.0. The van der Waals surface area contributed by atoms with Gasteiger partial charge in [0, 0.05) is 11.4 Å². The van der Waals surface area contributed by atoms with Crippen molar-refractivity contribution in [2.24, 2.45) is 0 Å². The molecule has 2 aromatic rings. The highest BCUT2D eigenvalue weighted by molar-refractivity contribution is 8.14. The third-order valence-corrected chi connectivity index (χ3v) is 4.03. The maximum absolute atomic E-state index is 12.0. The first-order valence-electron chi connectivity index (χ1n) is 6.78. The molecule has 1 N–H and O–H groups in total. The molecular formula is C16H14N2O3S. The fourth-order valence-corrected chi connectivity index (χ4v) is 3.01. The monoisotopic (exact) mass is 314 g/mol. The van der Waals surface area contributed by atoms with E-state index in [1.165, 1.54) is 4.90 Å². The first kappa shape index (κ1) is 14.5. The van der Waals surface area contributed by atoms with E-state index in [1.54, 1.807) is 12.1 Å². The van der Waals surface area contributed by atoms with Crippen LogP contribution in [0.3, 0.4) is 0 Å². The summed E-state index contributed by atoms with van der Waals surface area (Å²) in [6.07, 6.45) is -1.18. The van der Waals surface area contributed by atoms with Crippen LogP contribution in [0.2, 0.25) is 0 Å². The Morgan fingerprint density at radius 1 is 1.09 bits per heavy atom. The molecule has 22 heavy (non-hydrogen) atoms. The zero-order chi connectivity index (χ0) is 15.4. The largest absolute Gasteiger partial charge is 0.424 e. The number of rotatable bonds is 3. The van der Waals surface area contributed by atoms with Crippen LogP contribution in [0.4, 0.5) is 21.0 Å². The Hall–Kier alpha value is -2.47. The van der Waals surface area contributed by atoms with Gasteiger partial charge in [-0.2, -0.15) is 0 Å². The summed E-state index contributed by atoms with van der Waals surface area (Å²) < 4.78 is 5.39. The summed E-state index contributed by atoms with van der Waals surface area (Å²) in [5.41, 5.74) is 1.37. The number of anilines is 2. The first-order chi connectivity index (χ1) is 10.7. The lowest BCUT2D eigenvalue weighted by Crippen LogP contribution is -2.38. The van der Waals surface area contributed by atoms with Gasteiger partial charge in [0.25, 0.3) is 5.24 Å². The van der Waals surface area contributed by atoms with Crippen molar-refractivity contribution in [1.82, 2.24) is 0 Å². The Bertz CT molecular complexity index is 664. The summed E-state index contributed by atoms with van der Waals surface area (Å²) in [5, 5.41) is 2.53. The zero-order valence-corrected chi connectivity index (χ0v) is 12.5. The molecule has 1 unspecified atom stereocenters. The quantitative estimate of drug-likeness (QED) is 0.932. The van der Waals surface area contributed by atoms with Gasteiger partial charge < -0.3 is 4.74 Å². The number of ether oxygens (including phenoxy) is 1. The lowest BCUT2D eigenvalue weighted by molar-refractivity contribution is 0.126. The van der Waals surface area contributed by atoms with Gasteiger partial charge in [0.2, 0.25) is 0 Å². The molecule has 5 nitrogen and oxygen atoms in total. The van der Waals surface area contributed by atoms with Gasteiger partial charge in [-0.1, -0.05) is 48.2 Å². The van der Waals surface area contributed by atoms with Crippen molar-refractivity contribution in [2.75, 3.05) is 16.0 Å². The molecule has 1 saturated heterocycles. The molecule has 3 rings (SSSR count). The van der Waals surface area contributed by atoms with E-state index in [0.717, 1.165) is 17.4 Å². The molecule has 1 aliphatic heterocycles. The summed E-state index contributed by atoms with van der Waals surface area (Å²) in [7, 11) is 0. The normalized spacial score (nSPS) is 17.4. The number of para-hydroxylation sites is 2. The van der Waals surface area contributed by atoms with E-state index in [2.05, 4.69) is 5.32 Å². The van der Waals surface area contributed by atoms with Gasteiger partial charge in [-0.3, -0.25) is 15.0 Å². The standard InChI is InChI=1S/C16H14N2O3S/c19-15(17-12-7-3-1-4-8-12)21-14-11-22-16(20)18(14)13-9-5-2-6-10-13/h1-10,14H,11H2,(H,17,19). The molecule has 0 saturated carbocycles. The van der Waals surface area contributed by atoms with Crippen molar-refractivity contribution in [3.8, 4) is 0 Å². The van der Waals surface area contributed by atoms with Crippen molar-refractivity contribution in [2.45, 2.75) is 6.23 Å². The number of carbonyl (C=O) groups is 2. The molecule has 0 aromatic heterocycles.